The van der Waals surface area contributed by atoms with Gasteiger partial charge < -0.3 is 14.8 Å². The van der Waals surface area contributed by atoms with Crippen molar-refractivity contribution in [3.63, 3.8) is 0 Å². The third-order valence-electron chi connectivity index (χ3n) is 2.66. The molecule has 2 rings (SSSR count). The van der Waals surface area contributed by atoms with Gasteiger partial charge in [0.05, 0.1) is 6.61 Å². The Labute approximate surface area is 114 Å². The van der Waals surface area contributed by atoms with Gasteiger partial charge in [0.2, 0.25) is 0 Å². The Hall–Kier alpha value is -2.00. The van der Waals surface area contributed by atoms with E-state index in [4.69, 9.17) is 9.47 Å². The molecule has 0 saturated carbocycles. The van der Waals surface area contributed by atoms with E-state index in [0.717, 1.165) is 23.8 Å². The lowest BCUT2D eigenvalue weighted by molar-refractivity contribution is 0.321. The van der Waals surface area contributed by atoms with Crippen LogP contribution in [-0.4, -0.2) is 13.7 Å². The predicted octanol–water partition coefficient (Wildman–Crippen LogP) is 3.60. The molecule has 2 aromatic carbocycles. The number of hydrogen-bond acceptors (Lipinski definition) is 3. The zero-order valence-corrected chi connectivity index (χ0v) is 11.3. The number of nitrogens with one attached hydrogen (secondary N) is 1. The lowest BCUT2D eigenvalue weighted by Gasteiger charge is -2.12. The molecule has 100 valence electrons. The fraction of sp³-hybridized carbons (Fsp3) is 0.250. The summed E-state index contributed by atoms with van der Waals surface area (Å²) in [6.45, 7) is 3.41. The Morgan fingerprint density at radius 3 is 2.53 bits per heavy atom. The molecule has 0 heterocycles. The van der Waals surface area contributed by atoms with Crippen molar-refractivity contribution in [3.8, 4) is 17.2 Å². The second-order valence-corrected chi connectivity index (χ2v) is 4.16. The summed E-state index contributed by atoms with van der Waals surface area (Å²) < 4.78 is 11.4. The summed E-state index contributed by atoms with van der Waals surface area (Å²) in [4.78, 5) is 0. The summed E-state index contributed by atoms with van der Waals surface area (Å²) in [6, 6.07) is 15.7. The first-order valence-electron chi connectivity index (χ1n) is 6.46. The maximum atomic E-state index is 5.90. The highest BCUT2D eigenvalue weighted by Crippen LogP contribution is 2.31. The molecule has 1 N–H and O–H groups in total. The van der Waals surface area contributed by atoms with Crippen molar-refractivity contribution < 1.29 is 9.47 Å². The number of ether oxygens (including phenoxy) is 2. The lowest BCUT2D eigenvalue weighted by atomic mass is 10.2. The summed E-state index contributed by atoms with van der Waals surface area (Å²) >= 11 is 0. The Morgan fingerprint density at radius 1 is 1.00 bits per heavy atom. The van der Waals surface area contributed by atoms with E-state index in [1.807, 2.05) is 56.4 Å². The summed E-state index contributed by atoms with van der Waals surface area (Å²) in [5, 5.41) is 3.13. The molecule has 0 amide bonds. The van der Waals surface area contributed by atoms with Gasteiger partial charge in [0.25, 0.3) is 0 Å². The highest BCUT2D eigenvalue weighted by Gasteiger charge is 2.05. The fourth-order valence-electron chi connectivity index (χ4n) is 1.86. The van der Waals surface area contributed by atoms with Crippen LogP contribution in [0.25, 0.3) is 0 Å². The maximum Gasteiger partial charge on any atom is 0.169 e. The highest BCUT2D eigenvalue weighted by atomic mass is 16.5. The van der Waals surface area contributed by atoms with Crippen LogP contribution in [0.5, 0.6) is 17.2 Å². The van der Waals surface area contributed by atoms with Gasteiger partial charge in [-0.05, 0) is 43.8 Å². The van der Waals surface area contributed by atoms with Gasteiger partial charge in [-0.15, -0.1) is 0 Å². The van der Waals surface area contributed by atoms with Crippen LogP contribution >= 0.6 is 0 Å². The van der Waals surface area contributed by atoms with Crippen LogP contribution in [0.3, 0.4) is 0 Å². The van der Waals surface area contributed by atoms with E-state index < -0.39 is 0 Å². The molecule has 0 saturated heterocycles. The molecule has 0 radical (unpaired) electrons. The SMILES string of the molecule is CCOc1ccccc1Oc1cccc(CNC)c1. The zero-order valence-electron chi connectivity index (χ0n) is 11.3. The van der Waals surface area contributed by atoms with Crippen molar-refractivity contribution in [3.05, 3.63) is 54.1 Å². The Morgan fingerprint density at radius 2 is 1.79 bits per heavy atom. The van der Waals surface area contributed by atoms with E-state index >= 15 is 0 Å². The van der Waals surface area contributed by atoms with Crippen LogP contribution in [0.4, 0.5) is 0 Å². The van der Waals surface area contributed by atoms with Crippen molar-refractivity contribution in [2.45, 2.75) is 13.5 Å². The molecule has 0 aliphatic rings. The number of hydrogen-bond donors (Lipinski definition) is 1. The monoisotopic (exact) mass is 257 g/mol. The van der Waals surface area contributed by atoms with Crippen molar-refractivity contribution >= 4 is 0 Å². The van der Waals surface area contributed by atoms with Gasteiger partial charge in [0.1, 0.15) is 5.75 Å². The van der Waals surface area contributed by atoms with Gasteiger partial charge in [0.15, 0.2) is 11.5 Å². The zero-order chi connectivity index (χ0) is 13.5. The van der Waals surface area contributed by atoms with Gasteiger partial charge >= 0.3 is 0 Å². The van der Waals surface area contributed by atoms with Crippen LogP contribution in [0.15, 0.2) is 48.5 Å². The molecule has 19 heavy (non-hydrogen) atoms. The Balaban J connectivity index is 2.18. The Kier molecular flexibility index (Phi) is 4.81. The minimum atomic E-state index is 0.625. The third kappa shape index (κ3) is 3.73. The standard InChI is InChI=1S/C16H19NO2/c1-3-18-15-9-4-5-10-16(15)19-14-8-6-7-13(11-14)12-17-2/h4-11,17H,3,12H2,1-2H3. The highest BCUT2D eigenvalue weighted by molar-refractivity contribution is 5.43. The van der Waals surface area contributed by atoms with Gasteiger partial charge in [0, 0.05) is 6.54 Å². The molecular formula is C16H19NO2. The molecule has 0 spiro atoms. The van der Waals surface area contributed by atoms with Gasteiger partial charge in [-0.1, -0.05) is 24.3 Å². The molecule has 0 aromatic heterocycles. The Bertz CT molecular complexity index is 526. The minimum absolute atomic E-state index is 0.625. The average molecular weight is 257 g/mol. The quantitative estimate of drug-likeness (QED) is 0.857. The van der Waals surface area contributed by atoms with Gasteiger partial charge in [-0.3, -0.25) is 0 Å². The number of rotatable bonds is 6. The molecule has 0 unspecified atom stereocenters. The van der Waals surface area contributed by atoms with Gasteiger partial charge in [-0.2, -0.15) is 0 Å². The molecule has 0 bridgehead atoms. The van der Waals surface area contributed by atoms with Crippen LogP contribution in [0.2, 0.25) is 0 Å². The van der Waals surface area contributed by atoms with Crippen LogP contribution in [-0.2, 0) is 6.54 Å². The lowest BCUT2D eigenvalue weighted by Crippen LogP contribution is -2.04. The predicted molar refractivity (Wildman–Crippen MR) is 76.9 cm³/mol. The average Bonchev–Trinajstić information content (AvgIpc) is 2.42. The molecule has 3 heteroatoms. The van der Waals surface area contributed by atoms with E-state index in [1.54, 1.807) is 0 Å². The molecular weight excluding hydrogens is 238 g/mol. The van der Waals surface area contributed by atoms with Crippen molar-refractivity contribution in [1.29, 1.82) is 0 Å². The van der Waals surface area contributed by atoms with E-state index in [1.165, 1.54) is 5.56 Å². The van der Waals surface area contributed by atoms with Crippen molar-refractivity contribution in [2.24, 2.45) is 0 Å². The summed E-state index contributed by atoms with van der Waals surface area (Å²) in [6.07, 6.45) is 0. The third-order valence-corrected chi connectivity index (χ3v) is 2.66. The maximum absolute atomic E-state index is 5.90. The number of benzene rings is 2. The van der Waals surface area contributed by atoms with E-state index in [2.05, 4.69) is 11.4 Å². The summed E-state index contributed by atoms with van der Waals surface area (Å²) in [5.74, 6) is 2.33. The minimum Gasteiger partial charge on any atom is -0.490 e. The smallest absolute Gasteiger partial charge is 0.169 e. The second-order valence-electron chi connectivity index (χ2n) is 4.16. The van der Waals surface area contributed by atoms with Crippen LogP contribution in [0.1, 0.15) is 12.5 Å². The largest absolute Gasteiger partial charge is 0.490 e. The number of para-hydroxylation sites is 2. The second kappa shape index (κ2) is 6.81. The molecule has 0 aliphatic carbocycles. The van der Waals surface area contributed by atoms with Crippen molar-refractivity contribution in [2.75, 3.05) is 13.7 Å². The van der Waals surface area contributed by atoms with Crippen molar-refractivity contribution in [1.82, 2.24) is 5.32 Å². The van der Waals surface area contributed by atoms with Crippen LogP contribution < -0.4 is 14.8 Å². The topological polar surface area (TPSA) is 30.5 Å². The normalized spacial score (nSPS) is 10.2. The molecule has 0 fully saturated rings. The molecule has 0 aliphatic heterocycles. The summed E-state index contributed by atoms with van der Waals surface area (Å²) in [7, 11) is 1.93. The van der Waals surface area contributed by atoms with E-state index in [0.29, 0.717) is 6.61 Å². The molecule has 3 nitrogen and oxygen atoms in total. The molecule has 2 aromatic rings. The first-order valence-corrected chi connectivity index (χ1v) is 6.46. The van der Waals surface area contributed by atoms with Gasteiger partial charge in [-0.25, -0.2) is 0 Å². The molecule has 0 atom stereocenters. The van der Waals surface area contributed by atoms with E-state index in [9.17, 15) is 0 Å². The first kappa shape index (κ1) is 13.4. The van der Waals surface area contributed by atoms with Crippen LogP contribution in [0, 0.1) is 0 Å². The first-order chi connectivity index (χ1) is 9.33. The summed E-state index contributed by atoms with van der Waals surface area (Å²) in [5.41, 5.74) is 1.19. The van der Waals surface area contributed by atoms with E-state index in [-0.39, 0.29) is 0 Å². The fourth-order valence-corrected chi connectivity index (χ4v) is 1.86.